The highest BCUT2D eigenvalue weighted by Crippen LogP contribution is 2.37. The molecule has 0 atom stereocenters. The van der Waals surface area contributed by atoms with Gasteiger partial charge in [-0.2, -0.15) is 0 Å². The minimum absolute atomic E-state index is 0.265. The van der Waals surface area contributed by atoms with Crippen LogP contribution in [0.4, 0.5) is 0 Å². The highest BCUT2D eigenvalue weighted by molar-refractivity contribution is 9.10. The van der Waals surface area contributed by atoms with Crippen LogP contribution in [0.2, 0.25) is 0 Å². The molecule has 0 heterocycles. The average Bonchev–Trinajstić information content (AvgIpc) is 2.16. The van der Waals surface area contributed by atoms with Crippen LogP contribution in [0.15, 0.2) is 28.7 Å². The van der Waals surface area contributed by atoms with Gasteiger partial charge in [0.25, 0.3) is 0 Å². The maximum atomic E-state index is 6.20. The van der Waals surface area contributed by atoms with Crippen molar-refractivity contribution in [2.45, 2.75) is 32.2 Å². The lowest BCUT2D eigenvalue weighted by molar-refractivity contribution is 0.667. The van der Waals surface area contributed by atoms with Crippen molar-refractivity contribution in [2.75, 3.05) is 0 Å². The van der Waals surface area contributed by atoms with Gasteiger partial charge in [-0.15, -0.1) is 0 Å². The molecule has 80 valence electrons. The fourth-order valence-electron chi connectivity index (χ4n) is 2.14. The number of halogens is 1. The Morgan fingerprint density at radius 1 is 1.33 bits per heavy atom. The van der Waals surface area contributed by atoms with E-state index in [1.54, 1.807) is 0 Å². The zero-order chi connectivity index (χ0) is 11.1. The smallest absolute Gasteiger partial charge is 0.0355 e. The molecule has 0 unspecified atom stereocenters. The summed E-state index contributed by atoms with van der Waals surface area (Å²) in [5.74, 6) is 0. The quantitative estimate of drug-likeness (QED) is 0.827. The largest absolute Gasteiger partial charge is 0.322 e. The van der Waals surface area contributed by atoms with Crippen molar-refractivity contribution in [3.63, 3.8) is 0 Å². The molecule has 2 heteroatoms. The first-order valence-electron chi connectivity index (χ1n) is 5.27. The van der Waals surface area contributed by atoms with Gasteiger partial charge in [0.15, 0.2) is 0 Å². The summed E-state index contributed by atoms with van der Waals surface area (Å²) in [6.45, 7) is 4.13. The van der Waals surface area contributed by atoms with E-state index in [2.05, 4.69) is 54.1 Å². The molecular formula is C13H16BrN. The van der Waals surface area contributed by atoms with Crippen molar-refractivity contribution >= 4 is 21.5 Å². The van der Waals surface area contributed by atoms with E-state index in [1.807, 2.05) is 0 Å². The Bertz CT molecular complexity index is 413. The molecule has 0 fully saturated rings. The van der Waals surface area contributed by atoms with Gasteiger partial charge in [0.05, 0.1) is 0 Å². The number of hydrogen-bond acceptors (Lipinski definition) is 1. The van der Waals surface area contributed by atoms with Crippen molar-refractivity contribution < 1.29 is 0 Å². The highest BCUT2D eigenvalue weighted by Gasteiger charge is 2.25. The Morgan fingerprint density at radius 3 is 2.73 bits per heavy atom. The van der Waals surface area contributed by atoms with E-state index in [0.29, 0.717) is 0 Å². The van der Waals surface area contributed by atoms with Gasteiger partial charge in [0, 0.05) is 10.0 Å². The van der Waals surface area contributed by atoms with Crippen molar-refractivity contribution in [2.24, 2.45) is 5.73 Å². The topological polar surface area (TPSA) is 26.0 Å². The molecule has 0 bridgehead atoms. The van der Waals surface area contributed by atoms with Crippen molar-refractivity contribution in [3.05, 3.63) is 39.9 Å². The molecule has 1 aliphatic carbocycles. The lowest BCUT2D eigenvalue weighted by Crippen LogP contribution is -2.34. The molecule has 0 spiro atoms. The summed E-state index contributed by atoms with van der Waals surface area (Å²) >= 11 is 3.62. The average molecular weight is 266 g/mol. The third kappa shape index (κ3) is 2.01. The monoisotopic (exact) mass is 265 g/mol. The summed E-state index contributed by atoms with van der Waals surface area (Å²) in [7, 11) is 0. The van der Waals surface area contributed by atoms with Gasteiger partial charge in [-0.3, -0.25) is 0 Å². The van der Waals surface area contributed by atoms with Gasteiger partial charge in [0.2, 0.25) is 0 Å². The van der Waals surface area contributed by atoms with Crippen LogP contribution >= 0.6 is 15.9 Å². The first-order chi connectivity index (χ1) is 7.00. The standard InChI is InChI=1S/C13H16BrN/c1-13(2,15)10-7-3-5-9-6-4-8-11(14)12(9)10/h4,6-8H,3,5,15H2,1-2H3. The number of fused-ring (bicyclic) bond motifs is 1. The molecule has 0 saturated heterocycles. The van der Waals surface area contributed by atoms with Crippen LogP contribution in [0.25, 0.3) is 5.57 Å². The SMILES string of the molecule is CC(C)(N)C1=CCCc2cccc(Br)c21. The molecule has 0 aliphatic heterocycles. The molecule has 1 aliphatic rings. The zero-order valence-corrected chi connectivity index (χ0v) is 10.8. The van der Waals surface area contributed by atoms with Crippen LogP contribution in [0.1, 0.15) is 31.4 Å². The van der Waals surface area contributed by atoms with Gasteiger partial charge < -0.3 is 5.73 Å². The predicted octanol–water partition coefficient (Wildman–Crippen LogP) is 3.52. The predicted molar refractivity (Wildman–Crippen MR) is 68.7 cm³/mol. The highest BCUT2D eigenvalue weighted by atomic mass is 79.9. The van der Waals surface area contributed by atoms with Crippen molar-refractivity contribution in [1.29, 1.82) is 0 Å². The van der Waals surface area contributed by atoms with Crippen LogP contribution in [0.5, 0.6) is 0 Å². The van der Waals surface area contributed by atoms with E-state index >= 15 is 0 Å². The van der Waals surface area contributed by atoms with Gasteiger partial charge in [-0.1, -0.05) is 34.1 Å². The van der Waals surface area contributed by atoms with Crippen molar-refractivity contribution in [1.82, 2.24) is 0 Å². The number of rotatable bonds is 1. The van der Waals surface area contributed by atoms with Gasteiger partial charge in [-0.05, 0) is 49.5 Å². The van der Waals surface area contributed by atoms with Gasteiger partial charge >= 0.3 is 0 Å². The molecule has 0 amide bonds. The third-order valence-electron chi connectivity index (χ3n) is 2.83. The lowest BCUT2D eigenvalue weighted by atomic mass is 9.81. The van der Waals surface area contributed by atoms with E-state index in [1.165, 1.54) is 16.7 Å². The molecule has 1 aromatic carbocycles. The van der Waals surface area contributed by atoms with E-state index in [4.69, 9.17) is 5.73 Å². The molecule has 15 heavy (non-hydrogen) atoms. The van der Waals surface area contributed by atoms with Crippen LogP contribution in [-0.2, 0) is 6.42 Å². The second-order valence-electron chi connectivity index (χ2n) is 4.65. The summed E-state index contributed by atoms with van der Waals surface area (Å²) in [6.07, 6.45) is 4.49. The normalized spacial score (nSPS) is 15.9. The minimum atomic E-state index is -0.265. The first-order valence-corrected chi connectivity index (χ1v) is 6.07. The Kier molecular flexibility index (Phi) is 2.73. The minimum Gasteiger partial charge on any atom is -0.322 e. The summed E-state index contributed by atoms with van der Waals surface area (Å²) in [5.41, 5.74) is 9.91. The summed E-state index contributed by atoms with van der Waals surface area (Å²) < 4.78 is 1.16. The van der Waals surface area contributed by atoms with E-state index in [9.17, 15) is 0 Å². The number of allylic oxidation sites excluding steroid dienone is 1. The Morgan fingerprint density at radius 2 is 2.07 bits per heavy atom. The van der Waals surface area contributed by atoms with E-state index < -0.39 is 0 Å². The van der Waals surface area contributed by atoms with E-state index in [0.717, 1.165) is 17.3 Å². The molecule has 0 radical (unpaired) electrons. The fourth-order valence-corrected chi connectivity index (χ4v) is 2.76. The van der Waals surface area contributed by atoms with Crippen LogP contribution in [0, 0.1) is 0 Å². The molecule has 2 N–H and O–H groups in total. The molecule has 1 aromatic rings. The van der Waals surface area contributed by atoms with Crippen LogP contribution in [0.3, 0.4) is 0 Å². The van der Waals surface area contributed by atoms with Crippen LogP contribution in [-0.4, -0.2) is 5.54 Å². The van der Waals surface area contributed by atoms with E-state index in [-0.39, 0.29) is 5.54 Å². The fraction of sp³-hybridized carbons (Fsp3) is 0.385. The Balaban J connectivity index is 2.60. The molecule has 1 nitrogen and oxygen atoms in total. The summed E-state index contributed by atoms with van der Waals surface area (Å²) in [4.78, 5) is 0. The second kappa shape index (κ2) is 3.76. The van der Waals surface area contributed by atoms with Crippen molar-refractivity contribution in [3.8, 4) is 0 Å². The summed E-state index contributed by atoms with van der Waals surface area (Å²) in [5, 5.41) is 0. The first kappa shape index (κ1) is 10.9. The summed E-state index contributed by atoms with van der Waals surface area (Å²) in [6, 6.07) is 6.37. The maximum absolute atomic E-state index is 6.20. The molecule has 0 aromatic heterocycles. The second-order valence-corrected chi connectivity index (χ2v) is 5.51. The zero-order valence-electron chi connectivity index (χ0n) is 9.18. The van der Waals surface area contributed by atoms with Crippen LogP contribution < -0.4 is 5.73 Å². The van der Waals surface area contributed by atoms with Gasteiger partial charge in [-0.25, -0.2) is 0 Å². The lowest BCUT2D eigenvalue weighted by Gasteiger charge is -2.29. The third-order valence-corrected chi connectivity index (χ3v) is 3.49. The number of benzene rings is 1. The Labute approximate surface area is 99.5 Å². The Hall–Kier alpha value is -0.600. The molecule has 2 rings (SSSR count). The number of aryl methyl sites for hydroxylation is 1. The molecular weight excluding hydrogens is 250 g/mol. The van der Waals surface area contributed by atoms with Gasteiger partial charge in [0.1, 0.15) is 0 Å². The maximum Gasteiger partial charge on any atom is 0.0355 e. The molecule has 0 saturated carbocycles. The number of hydrogen-bond donors (Lipinski definition) is 1. The number of nitrogens with two attached hydrogens (primary N) is 1.